The Morgan fingerprint density at radius 3 is 2.47 bits per heavy atom. The molecule has 1 aliphatic heterocycles. The minimum Gasteiger partial charge on any atom is -0.322 e. The van der Waals surface area contributed by atoms with Gasteiger partial charge in [0, 0.05) is 24.3 Å². The van der Waals surface area contributed by atoms with E-state index in [2.05, 4.69) is 5.32 Å². The summed E-state index contributed by atoms with van der Waals surface area (Å²) in [5, 5.41) is 2.93. The minimum atomic E-state index is -3.85. The van der Waals surface area contributed by atoms with Gasteiger partial charge in [0.15, 0.2) is 0 Å². The summed E-state index contributed by atoms with van der Waals surface area (Å²) in [4.78, 5) is 12.7. The molecule has 7 heteroatoms. The quantitative estimate of drug-likeness (QED) is 0.642. The first-order valence-corrected chi connectivity index (χ1v) is 11.4. The van der Waals surface area contributed by atoms with Gasteiger partial charge in [0.2, 0.25) is 10.0 Å². The molecule has 30 heavy (non-hydrogen) atoms. The Balaban J connectivity index is 1.63. The zero-order chi connectivity index (χ0) is 21.3. The van der Waals surface area contributed by atoms with Crippen LogP contribution < -0.4 is 5.32 Å². The Morgan fingerprint density at radius 2 is 1.70 bits per heavy atom. The van der Waals surface area contributed by atoms with E-state index in [-0.39, 0.29) is 27.9 Å². The van der Waals surface area contributed by atoms with Gasteiger partial charge in [-0.3, -0.25) is 4.79 Å². The van der Waals surface area contributed by atoms with Crippen molar-refractivity contribution in [1.29, 1.82) is 0 Å². The van der Waals surface area contributed by atoms with Crippen molar-refractivity contribution in [2.45, 2.75) is 24.8 Å². The molecule has 0 radical (unpaired) electrons. The number of halogens is 1. The number of nitrogens with one attached hydrogen (secondary N) is 1. The molecule has 0 aromatic heterocycles. The molecular weight excluding hydrogens is 420 g/mol. The second kappa shape index (κ2) is 8.22. The Hall–Kier alpha value is -2.67. The highest BCUT2D eigenvalue weighted by atomic mass is 35.5. The summed E-state index contributed by atoms with van der Waals surface area (Å²) >= 11 is 6.25. The topological polar surface area (TPSA) is 66.5 Å². The molecule has 0 saturated carbocycles. The van der Waals surface area contributed by atoms with E-state index < -0.39 is 10.0 Å². The fourth-order valence-electron chi connectivity index (χ4n) is 3.56. The molecule has 0 aliphatic carbocycles. The molecule has 0 bridgehead atoms. The number of carbonyl (C=O) groups is 1. The van der Waals surface area contributed by atoms with Crippen LogP contribution in [-0.2, 0) is 23.0 Å². The van der Waals surface area contributed by atoms with Crippen molar-refractivity contribution in [2.75, 3.05) is 11.9 Å². The lowest BCUT2D eigenvalue weighted by molar-refractivity contribution is 0.102. The average molecular weight is 441 g/mol. The second-order valence-corrected chi connectivity index (χ2v) is 9.59. The fraction of sp³-hybridized carbons (Fsp3) is 0.174. The number of sulfonamides is 1. The van der Waals surface area contributed by atoms with Crippen LogP contribution in [0.15, 0.2) is 71.6 Å². The van der Waals surface area contributed by atoms with E-state index in [1.807, 2.05) is 49.4 Å². The molecule has 3 aromatic rings. The van der Waals surface area contributed by atoms with Gasteiger partial charge in [0.05, 0.1) is 5.02 Å². The van der Waals surface area contributed by atoms with E-state index in [1.165, 1.54) is 22.5 Å². The van der Waals surface area contributed by atoms with Crippen LogP contribution in [0.5, 0.6) is 0 Å². The summed E-state index contributed by atoms with van der Waals surface area (Å²) in [5.41, 5.74) is 3.96. The maximum absolute atomic E-state index is 13.3. The molecule has 1 amide bonds. The Labute approximate surface area is 181 Å². The molecule has 0 fully saturated rings. The van der Waals surface area contributed by atoms with E-state index in [0.717, 1.165) is 16.7 Å². The van der Waals surface area contributed by atoms with E-state index in [4.69, 9.17) is 11.6 Å². The fourth-order valence-corrected chi connectivity index (χ4v) is 5.48. The normalized spacial score (nSPS) is 14.2. The first-order valence-electron chi connectivity index (χ1n) is 9.60. The van der Waals surface area contributed by atoms with Crippen LogP contribution in [0.2, 0.25) is 5.02 Å². The van der Waals surface area contributed by atoms with E-state index in [0.29, 0.717) is 18.7 Å². The van der Waals surface area contributed by atoms with Crippen molar-refractivity contribution in [2.24, 2.45) is 0 Å². The van der Waals surface area contributed by atoms with Crippen LogP contribution in [0.4, 0.5) is 5.69 Å². The van der Waals surface area contributed by atoms with Gasteiger partial charge in [0.25, 0.3) is 5.91 Å². The molecule has 5 nitrogen and oxygen atoms in total. The van der Waals surface area contributed by atoms with Crippen molar-refractivity contribution in [3.8, 4) is 0 Å². The van der Waals surface area contributed by atoms with E-state index in [1.54, 1.807) is 6.07 Å². The first kappa shape index (κ1) is 20.6. The van der Waals surface area contributed by atoms with Crippen molar-refractivity contribution >= 4 is 33.2 Å². The van der Waals surface area contributed by atoms with Gasteiger partial charge >= 0.3 is 0 Å². The predicted octanol–water partition coefficient (Wildman–Crippen LogP) is 4.65. The molecule has 0 unspecified atom stereocenters. The summed E-state index contributed by atoms with van der Waals surface area (Å²) in [6.45, 7) is 2.55. The second-order valence-electron chi connectivity index (χ2n) is 7.27. The number of benzene rings is 3. The zero-order valence-electron chi connectivity index (χ0n) is 16.4. The minimum absolute atomic E-state index is 0.0546. The van der Waals surface area contributed by atoms with Crippen LogP contribution in [0, 0.1) is 6.92 Å². The lowest BCUT2D eigenvalue weighted by atomic mass is 10.0. The van der Waals surface area contributed by atoms with E-state index >= 15 is 0 Å². The number of hydrogen-bond donors (Lipinski definition) is 1. The molecule has 154 valence electrons. The highest BCUT2D eigenvalue weighted by molar-refractivity contribution is 7.89. The lowest BCUT2D eigenvalue weighted by Gasteiger charge is -2.28. The number of para-hydroxylation sites is 1. The van der Waals surface area contributed by atoms with Gasteiger partial charge < -0.3 is 5.32 Å². The molecule has 4 rings (SSSR count). The van der Waals surface area contributed by atoms with Gasteiger partial charge in [-0.15, -0.1) is 0 Å². The van der Waals surface area contributed by atoms with Crippen LogP contribution in [0.25, 0.3) is 0 Å². The summed E-state index contributed by atoms with van der Waals surface area (Å²) in [5.74, 6) is -0.388. The predicted molar refractivity (Wildman–Crippen MR) is 118 cm³/mol. The van der Waals surface area contributed by atoms with Crippen molar-refractivity contribution < 1.29 is 13.2 Å². The van der Waals surface area contributed by atoms with Gasteiger partial charge in [-0.1, -0.05) is 54.1 Å². The number of rotatable bonds is 4. The Kier molecular flexibility index (Phi) is 5.64. The molecule has 1 N–H and O–H groups in total. The number of fused-ring (bicyclic) bond motifs is 1. The summed E-state index contributed by atoms with van der Waals surface area (Å²) in [6, 6.07) is 19.5. The number of nitrogens with zero attached hydrogens (tertiary/aromatic N) is 1. The third-order valence-corrected chi connectivity index (χ3v) is 7.63. The molecule has 0 atom stereocenters. The van der Waals surface area contributed by atoms with Crippen molar-refractivity contribution in [1.82, 2.24) is 4.31 Å². The van der Waals surface area contributed by atoms with Crippen molar-refractivity contribution in [3.05, 3.63) is 94.0 Å². The van der Waals surface area contributed by atoms with Crippen LogP contribution >= 0.6 is 11.6 Å². The number of carbonyl (C=O) groups excluding carboxylic acids is 1. The Bertz CT molecular complexity index is 1220. The van der Waals surface area contributed by atoms with Crippen LogP contribution in [-0.4, -0.2) is 25.2 Å². The smallest absolute Gasteiger partial charge is 0.255 e. The standard InChI is InChI=1S/C23H21ClN2O3S/c1-16-6-2-5-9-21(16)25-23(27)18-10-11-20(24)22(14-18)30(28,29)26-13-12-17-7-3-4-8-19(17)15-26/h2-11,14H,12-13,15H2,1H3,(H,25,27). The monoisotopic (exact) mass is 440 g/mol. The molecule has 1 aliphatic rings. The summed E-state index contributed by atoms with van der Waals surface area (Å²) in [7, 11) is -3.85. The number of hydrogen-bond acceptors (Lipinski definition) is 3. The molecular formula is C23H21ClN2O3S. The maximum Gasteiger partial charge on any atom is 0.255 e. The highest BCUT2D eigenvalue weighted by Crippen LogP contribution is 2.30. The maximum atomic E-state index is 13.3. The third-order valence-electron chi connectivity index (χ3n) is 5.30. The summed E-state index contributed by atoms with van der Waals surface area (Å²) < 4.78 is 28.0. The number of amides is 1. The van der Waals surface area contributed by atoms with Gasteiger partial charge in [-0.2, -0.15) is 4.31 Å². The van der Waals surface area contributed by atoms with Crippen LogP contribution in [0.1, 0.15) is 27.0 Å². The number of anilines is 1. The average Bonchev–Trinajstić information content (AvgIpc) is 2.75. The molecule has 3 aromatic carbocycles. The SMILES string of the molecule is Cc1ccccc1NC(=O)c1ccc(Cl)c(S(=O)(=O)N2CCc3ccccc3C2)c1. The summed E-state index contributed by atoms with van der Waals surface area (Å²) in [6.07, 6.45) is 0.639. The van der Waals surface area contributed by atoms with E-state index in [9.17, 15) is 13.2 Å². The van der Waals surface area contributed by atoms with Crippen LogP contribution in [0.3, 0.4) is 0 Å². The van der Waals surface area contributed by atoms with Gasteiger partial charge in [-0.05, 0) is 54.3 Å². The largest absolute Gasteiger partial charge is 0.322 e. The Morgan fingerprint density at radius 1 is 1.00 bits per heavy atom. The van der Waals surface area contributed by atoms with Gasteiger partial charge in [-0.25, -0.2) is 8.42 Å². The molecule has 0 spiro atoms. The van der Waals surface area contributed by atoms with Gasteiger partial charge in [0.1, 0.15) is 4.90 Å². The highest BCUT2D eigenvalue weighted by Gasteiger charge is 2.30. The third kappa shape index (κ3) is 3.99. The zero-order valence-corrected chi connectivity index (χ0v) is 18.0. The van der Waals surface area contributed by atoms with Crippen molar-refractivity contribution in [3.63, 3.8) is 0 Å². The number of aryl methyl sites for hydroxylation is 1. The molecule has 0 saturated heterocycles. The molecule has 1 heterocycles. The lowest BCUT2D eigenvalue weighted by Crippen LogP contribution is -2.36. The first-order chi connectivity index (χ1) is 14.4.